The molecular formula is C23H24N2O4S2. The van der Waals surface area contributed by atoms with Gasteiger partial charge in [-0.1, -0.05) is 12.1 Å². The lowest BCUT2D eigenvalue weighted by Crippen LogP contribution is -2.65. The van der Waals surface area contributed by atoms with Crippen molar-refractivity contribution in [3.05, 3.63) is 59.4 Å². The van der Waals surface area contributed by atoms with Crippen molar-refractivity contribution in [3.8, 4) is 0 Å². The van der Waals surface area contributed by atoms with Gasteiger partial charge in [-0.25, -0.2) is 0 Å². The van der Waals surface area contributed by atoms with E-state index in [0.29, 0.717) is 0 Å². The zero-order chi connectivity index (χ0) is 21.7. The molecule has 31 heavy (non-hydrogen) atoms. The number of aliphatic hydroxyl groups is 1. The molecule has 0 saturated carbocycles. The molecule has 2 unspecified atom stereocenters. The summed E-state index contributed by atoms with van der Waals surface area (Å²) in [6.07, 6.45) is 4.83. The van der Waals surface area contributed by atoms with E-state index in [0.717, 1.165) is 24.3 Å². The lowest BCUT2D eigenvalue weighted by molar-refractivity contribution is -0.695. The summed E-state index contributed by atoms with van der Waals surface area (Å²) in [6.45, 7) is 2.39. The number of thioether (sulfide) groups is 2. The number of aryl methyl sites for hydroxylation is 1. The van der Waals surface area contributed by atoms with Gasteiger partial charge in [0.05, 0.1) is 34.0 Å². The molecule has 5 rings (SSSR count). The summed E-state index contributed by atoms with van der Waals surface area (Å²) in [4.78, 5) is 26.4. The van der Waals surface area contributed by atoms with Crippen LogP contribution in [0.3, 0.4) is 0 Å². The minimum absolute atomic E-state index is 0.299. The second kappa shape index (κ2) is 8.15. The number of pyridine rings is 1. The van der Waals surface area contributed by atoms with Crippen LogP contribution in [0.15, 0.2) is 47.5 Å². The van der Waals surface area contributed by atoms with Gasteiger partial charge in [0.2, 0.25) is 5.91 Å². The smallest absolute Gasteiger partial charge is 0.232 e. The number of aliphatic carboxylic acids is 1. The highest BCUT2D eigenvalue weighted by Crippen LogP contribution is 2.53. The standard InChI is InChI=1S/C23H24N2O4S2/c1-13(26)18-20(27)25-19(22(28)29)23(31-21(18)25)30-16-9-7-14(8-10-16)12-24-11-3-5-15-4-2-6-17(15)24/h3,5,7-11,13,18-19,21,23,26H,2,4,6,12H2,1H3/t13-,18+,19?,21-,23?/m1/s1. The lowest BCUT2D eigenvalue weighted by Gasteiger charge is -2.45. The number of hydrogen-bond donors (Lipinski definition) is 1. The molecule has 162 valence electrons. The van der Waals surface area contributed by atoms with Gasteiger partial charge < -0.3 is 19.9 Å². The summed E-state index contributed by atoms with van der Waals surface area (Å²) in [5.74, 6) is -2.08. The molecule has 0 radical (unpaired) electrons. The number of rotatable bonds is 6. The van der Waals surface area contributed by atoms with E-state index in [1.54, 1.807) is 6.92 Å². The number of carboxylic acids is 1. The number of nitrogens with zero attached hydrogens (tertiary/aromatic N) is 2. The Labute approximate surface area is 189 Å². The number of carbonyl (C=O) groups is 2. The zero-order valence-corrected chi connectivity index (χ0v) is 18.8. The molecule has 1 aliphatic carbocycles. The molecule has 1 aromatic carbocycles. The zero-order valence-electron chi connectivity index (χ0n) is 17.1. The third-order valence-corrected chi connectivity index (χ3v) is 9.36. The number of hydrogen-bond acceptors (Lipinski definition) is 6. The largest absolute Gasteiger partial charge is 0.548 e. The fourth-order valence-corrected chi connectivity index (χ4v) is 8.20. The minimum Gasteiger partial charge on any atom is -0.548 e. The highest BCUT2D eigenvalue weighted by atomic mass is 32.2. The molecule has 1 amide bonds. The molecule has 2 fully saturated rings. The normalized spacial score (nSPS) is 27.5. The number of aliphatic hydroxyl groups excluding tert-OH is 1. The van der Waals surface area contributed by atoms with Crippen LogP contribution >= 0.6 is 23.5 Å². The van der Waals surface area contributed by atoms with Crippen LogP contribution in [0.4, 0.5) is 0 Å². The number of amides is 1. The molecule has 3 aliphatic rings. The number of β-lactam (4-membered cyclic amide) rings is 1. The Morgan fingerprint density at radius 3 is 2.81 bits per heavy atom. The second-order valence-corrected chi connectivity index (χ2v) is 11.2. The molecule has 1 aromatic heterocycles. The van der Waals surface area contributed by atoms with Crippen molar-refractivity contribution in [2.75, 3.05) is 0 Å². The van der Waals surface area contributed by atoms with Crippen LogP contribution in [0, 0.1) is 5.92 Å². The van der Waals surface area contributed by atoms with Crippen molar-refractivity contribution < 1.29 is 24.4 Å². The van der Waals surface area contributed by atoms with Crippen LogP contribution in [0.1, 0.15) is 30.2 Å². The Morgan fingerprint density at radius 1 is 1.32 bits per heavy atom. The average molecular weight is 457 g/mol. The molecule has 2 saturated heterocycles. The SMILES string of the molecule is C[C@@H](O)[C@H]1C(=O)N2C(C(=O)[O-])C(Sc3ccc(C[n+]4cccc5c4CCC5)cc3)S[C@H]12. The molecule has 3 heterocycles. The van der Waals surface area contributed by atoms with Crippen molar-refractivity contribution in [1.29, 1.82) is 0 Å². The summed E-state index contributed by atoms with van der Waals surface area (Å²) in [7, 11) is 0. The Bertz CT molecular complexity index is 1030. The van der Waals surface area contributed by atoms with Gasteiger partial charge in [-0.15, -0.1) is 23.5 Å². The van der Waals surface area contributed by atoms with E-state index in [1.165, 1.54) is 51.7 Å². The molecule has 1 N–H and O–H groups in total. The number of carboxylic acid groups (broad SMARTS) is 1. The molecule has 8 heteroatoms. The fourth-order valence-electron chi connectivity index (χ4n) is 4.82. The number of aromatic nitrogens is 1. The quantitative estimate of drug-likeness (QED) is 0.515. The third kappa shape index (κ3) is 3.64. The maximum atomic E-state index is 12.3. The van der Waals surface area contributed by atoms with Gasteiger partial charge in [0, 0.05) is 28.5 Å². The third-order valence-electron chi connectivity index (χ3n) is 6.38. The van der Waals surface area contributed by atoms with Crippen LogP contribution in [0.2, 0.25) is 0 Å². The van der Waals surface area contributed by atoms with Crippen LogP contribution in [0.25, 0.3) is 0 Å². The van der Waals surface area contributed by atoms with Gasteiger partial charge in [0.25, 0.3) is 0 Å². The molecule has 6 nitrogen and oxygen atoms in total. The van der Waals surface area contributed by atoms with Crippen LogP contribution in [-0.2, 0) is 29.0 Å². The van der Waals surface area contributed by atoms with Crippen molar-refractivity contribution in [2.45, 2.75) is 59.7 Å². The maximum Gasteiger partial charge on any atom is 0.232 e. The van der Waals surface area contributed by atoms with Gasteiger partial charge in [-0.2, -0.15) is 4.57 Å². The predicted molar refractivity (Wildman–Crippen MR) is 116 cm³/mol. The lowest BCUT2D eigenvalue weighted by atomic mass is 9.91. The Kier molecular flexibility index (Phi) is 5.48. The van der Waals surface area contributed by atoms with E-state index < -0.39 is 24.0 Å². The maximum absolute atomic E-state index is 12.3. The van der Waals surface area contributed by atoms with Gasteiger partial charge in [0.15, 0.2) is 18.4 Å². The van der Waals surface area contributed by atoms with Gasteiger partial charge in [0.1, 0.15) is 0 Å². The molecule has 2 aliphatic heterocycles. The Balaban J connectivity index is 1.29. The number of carbonyl (C=O) groups excluding carboxylic acids is 2. The van der Waals surface area contributed by atoms with Gasteiger partial charge in [-0.3, -0.25) is 4.79 Å². The molecule has 0 bridgehead atoms. The fraction of sp³-hybridized carbons (Fsp3) is 0.435. The first-order chi connectivity index (χ1) is 14.9. The first-order valence-electron chi connectivity index (χ1n) is 10.6. The highest BCUT2D eigenvalue weighted by Gasteiger charge is 2.60. The van der Waals surface area contributed by atoms with E-state index in [4.69, 9.17) is 0 Å². The van der Waals surface area contributed by atoms with Gasteiger partial charge >= 0.3 is 0 Å². The van der Waals surface area contributed by atoms with E-state index >= 15 is 0 Å². The monoisotopic (exact) mass is 456 g/mol. The predicted octanol–water partition coefficient (Wildman–Crippen LogP) is 0.960. The van der Waals surface area contributed by atoms with Gasteiger partial charge in [-0.05, 0) is 38.0 Å². The summed E-state index contributed by atoms with van der Waals surface area (Å²) in [6, 6.07) is 11.5. The van der Waals surface area contributed by atoms with E-state index in [2.05, 4.69) is 35.0 Å². The van der Waals surface area contributed by atoms with E-state index in [-0.39, 0.29) is 15.9 Å². The summed E-state index contributed by atoms with van der Waals surface area (Å²) < 4.78 is 1.95. The Hall–Kier alpha value is -2.03. The second-order valence-electron chi connectivity index (χ2n) is 8.39. The summed E-state index contributed by atoms with van der Waals surface area (Å²) in [5, 5.41) is 21.3. The van der Waals surface area contributed by atoms with Crippen molar-refractivity contribution in [1.82, 2.24) is 4.90 Å². The number of fused-ring (bicyclic) bond motifs is 2. The minimum atomic E-state index is -1.24. The van der Waals surface area contributed by atoms with Crippen LogP contribution in [0.5, 0.6) is 0 Å². The summed E-state index contributed by atoms with van der Waals surface area (Å²) >= 11 is 2.88. The van der Waals surface area contributed by atoms with Crippen molar-refractivity contribution in [3.63, 3.8) is 0 Å². The average Bonchev–Trinajstić information content (AvgIpc) is 3.33. The molecule has 5 atom stereocenters. The summed E-state index contributed by atoms with van der Waals surface area (Å²) in [5.41, 5.74) is 4.05. The Morgan fingerprint density at radius 2 is 2.10 bits per heavy atom. The van der Waals surface area contributed by atoms with E-state index in [1.807, 2.05) is 12.1 Å². The van der Waals surface area contributed by atoms with E-state index in [9.17, 15) is 19.8 Å². The van der Waals surface area contributed by atoms with Crippen molar-refractivity contribution >= 4 is 35.4 Å². The number of benzene rings is 1. The highest BCUT2D eigenvalue weighted by molar-refractivity contribution is 8.17. The van der Waals surface area contributed by atoms with Crippen LogP contribution < -0.4 is 9.67 Å². The first-order valence-corrected chi connectivity index (χ1v) is 12.4. The molecular weight excluding hydrogens is 432 g/mol. The topological polar surface area (TPSA) is 84.5 Å². The molecule has 0 spiro atoms. The first kappa shape index (κ1) is 20.8. The van der Waals surface area contributed by atoms with Crippen LogP contribution in [-0.4, -0.2) is 44.0 Å². The molecule has 2 aromatic rings. The van der Waals surface area contributed by atoms with Crippen molar-refractivity contribution in [2.24, 2.45) is 5.92 Å².